The second-order valence-electron chi connectivity index (χ2n) is 6.02. The molecule has 1 aromatic heterocycles. The van der Waals surface area contributed by atoms with Crippen LogP contribution in [0.25, 0.3) is 22.8 Å². The van der Waals surface area contributed by atoms with Gasteiger partial charge in [0.1, 0.15) is 5.75 Å². The zero-order valence-corrected chi connectivity index (χ0v) is 14.9. The summed E-state index contributed by atoms with van der Waals surface area (Å²) in [6, 6.07) is 26.0. The Bertz CT molecular complexity index is 1050. The molecule has 0 saturated carbocycles. The van der Waals surface area contributed by atoms with Crippen molar-refractivity contribution in [3.8, 4) is 28.6 Å². The molecule has 1 N–H and O–H groups in total. The highest BCUT2D eigenvalue weighted by atomic mass is 16.5. The zero-order chi connectivity index (χ0) is 19.2. The average molecular weight is 371 g/mol. The third-order valence-corrected chi connectivity index (χ3v) is 3.99. The Morgan fingerprint density at radius 1 is 0.857 bits per heavy atom. The van der Waals surface area contributed by atoms with Crippen LogP contribution in [0.3, 0.4) is 0 Å². The normalized spacial score (nSPS) is 10.4. The number of nitrogens with zero attached hydrogens (tertiary/aromatic N) is 2. The Morgan fingerprint density at radius 3 is 2.25 bits per heavy atom. The van der Waals surface area contributed by atoms with Crippen molar-refractivity contribution in [2.45, 2.75) is 0 Å². The maximum atomic E-state index is 12.0. The molecular formula is C22H17N3O3. The van der Waals surface area contributed by atoms with Crippen molar-refractivity contribution in [3.05, 3.63) is 84.9 Å². The minimum Gasteiger partial charge on any atom is -0.484 e. The molecule has 0 fully saturated rings. The first-order chi connectivity index (χ1) is 13.8. The van der Waals surface area contributed by atoms with E-state index in [0.717, 1.165) is 11.1 Å². The summed E-state index contributed by atoms with van der Waals surface area (Å²) in [5, 5.41) is 6.81. The third-order valence-electron chi connectivity index (χ3n) is 3.99. The Kier molecular flexibility index (Phi) is 5.11. The molecule has 1 heterocycles. The van der Waals surface area contributed by atoms with Gasteiger partial charge >= 0.3 is 0 Å². The maximum Gasteiger partial charge on any atom is 0.262 e. The van der Waals surface area contributed by atoms with Gasteiger partial charge in [-0.2, -0.15) is 4.98 Å². The molecular weight excluding hydrogens is 354 g/mol. The molecule has 28 heavy (non-hydrogen) atoms. The molecule has 0 aliphatic rings. The molecule has 1 amide bonds. The molecule has 0 aliphatic carbocycles. The van der Waals surface area contributed by atoms with E-state index in [1.807, 2.05) is 60.7 Å². The van der Waals surface area contributed by atoms with E-state index in [-0.39, 0.29) is 12.5 Å². The molecule has 4 aromatic rings. The molecule has 0 bridgehead atoms. The average Bonchev–Trinajstić information content (AvgIpc) is 3.25. The van der Waals surface area contributed by atoms with Crippen molar-refractivity contribution in [1.29, 1.82) is 0 Å². The highest BCUT2D eigenvalue weighted by molar-refractivity contribution is 5.92. The van der Waals surface area contributed by atoms with Crippen LogP contribution < -0.4 is 10.1 Å². The lowest BCUT2D eigenvalue weighted by atomic mass is 10.2. The van der Waals surface area contributed by atoms with E-state index < -0.39 is 0 Å². The smallest absolute Gasteiger partial charge is 0.262 e. The van der Waals surface area contributed by atoms with Gasteiger partial charge in [0.2, 0.25) is 5.82 Å². The van der Waals surface area contributed by atoms with Gasteiger partial charge in [-0.15, -0.1) is 0 Å². The van der Waals surface area contributed by atoms with Crippen LogP contribution in [0.1, 0.15) is 0 Å². The molecule has 0 spiro atoms. The number of benzene rings is 3. The predicted octanol–water partition coefficient (Wildman–Crippen LogP) is 4.42. The van der Waals surface area contributed by atoms with Crippen LogP contribution in [0.4, 0.5) is 5.69 Å². The van der Waals surface area contributed by atoms with E-state index in [4.69, 9.17) is 9.26 Å². The number of carbonyl (C=O) groups excluding carboxylic acids is 1. The van der Waals surface area contributed by atoms with Gasteiger partial charge in [0.25, 0.3) is 11.8 Å². The van der Waals surface area contributed by atoms with Crippen molar-refractivity contribution >= 4 is 11.6 Å². The summed E-state index contributed by atoms with van der Waals surface area (Å²) < 4.78 is 10.8. The highest BCUT2D eigenvalue weighted by Crippen LogP contribution is 2.23. The minimum atomic E-state index is -0.235. The van der Waals surface area contributed by atoms with Crippen molar-refractivity contribution < 1.29 is 14.1 Å². The molecule has 0 aliphatic heterocycles. The van der Waals surface area contributed by atoms with Crippen LogP contribution in [0.5, 0.6) is 5.75 Å². The lowest BCUT2D eigenvalue weighted by Crippen LogP contribution is -2.20. The standard InChI is InChI=1S/C22H17N3O3/c26-20(15-27-19-9-5-2-6-10-19)23-18-13-11-17(12-14-18)22-24-21(25-28-22)16-7-3-1-4-8-16/h1-14H,15H2,(H,23,26). The number of rotatable bonds is 6. The number of hydrogen-bond donors (Lipinski definition) is 1. The van der Waals surface area contributed by atoms with Gasteiger partial charge in [-0.05, 0) is 36.4 Å². The van der Waals surface area contributed by atoms with Crippen molar-refractivity contribution in [2.24, 2.45) is 0 Å². The van der Waals surface area contributed by atoms with Gasteiger partial charge in [-0.25, -0.2) is 0 Å². The summed E-state index contributed by atoms with van der Waals surface area (Å²) in [4.78, 5) is 16.4. The largest absolute Gasteiger partial charge is 0.484 e. The highest BCUT2D eigenvalue weighted by Gasteiger charge is 2.11. The Labute approximate surface area is 161 Å². The number of carbonyl (C=O) groups is 1. The van der Waals surface area contributed by atoms with Gasteiger partial charge in [0.15, 0.2) is 6.61 Å². The quantitative estimate of drug-likeness (QED) is 0.543. The van der Waals surface area contributed by atoms with Crippen molar-refractivity contribution in [2.75, 3.05) is 11.9 Å². The van der Waals surface area contributed by atoms with Crippen LogP contribution in [0.15, 0.2) is 89.5 Å². The summed E-state index contributed by atoms with van der Waals surface area (Å²) in [6.45, 7) is -0.0597. The molecule has 4 rings (SSSR count). The first-order valence-corrected chi connectivity index (χ1v) is 8.75. The summed E-state index contributed by atoms with van der Waals surface area (Å²) in [5.41, 5.74) is 2.32. The number of amides is 1. The molecule has 3 aromatic carbocycles. The lowest BCUT2D eigenvalue weighted by Gasteiger charge is -2.07. The summed E-state index contributed by atoms with van der Waals surface area (Å²) >= 11 is 0. The Morgan fingerprint density at radius 2 is 1.54 bits per heavy atom. The Hall–Kier alpha value is -3.93. The van der Waals surface area contributed by atoms with E-state index in [9.17, 15) is 4.79 Å². The number of hydrogen-bond acceptors (Lipinski definition) is 5. The fourth-order valence-corrected chi connectivity index (χ4v) is 2.60. The van der Waals surface area contributed by atoms with E-state index in [1.54, 1.807) is 24.3 Å². The fraction of sp³-hybridized carbons (Fsp3) is 0.0455. The number of nitrogens with one attached hydrogen (secondary N) is 1. The number of aromatic nitrogens is 2. The van der Waals surface area contributed by atoms with Gasteiger partial charge < -0.3 is 14.6 Å². The zero-order valence-electron chi connectivity index (χ0n) is 14.9. The van der Waals surface area contributed by atoms with Crippen LogP contribution in [-0.2, 0) is 4.79 Å². The number of para-hydroxylation sites is 1. The molecule has 0 radical (unpaired) electrons. The molecule has 138 valence electrons. The van der Waals surface area contributed by atoms with Crippen molar-refractivity contribution in [1.82, 2.24) is 10.1 Å². The van der Waals surface area contributed by atoms with Gasteiger partial charge in [-0.1, -0.05) is 53.7 Å². The predicted molar refractivity (Wildman–Crippen MR) is 106 cm³/mol. The van der Waals surface area contributed by atoms with Gasteiger partial charge in [-0.3, -0.25) is 4.79 Å². The molecule has 0 atom stereocenters. The van der Waals surface area contributed by atoms with Crippen LogP contribution >= 0.6 is 0 Å². The van der Waals surface area contributed by atoms with Gasteiger partial charge in [0, 0.05) is 16.8 Å². The van der Waals surface area contributed by atoms with Crippen LogP contribution in [0.2, 0.25) is 0 Å². The molecule has 0 saturated heterocycles. The SMILES string of the molecule is O=C(COc1ccccc1)Nc1ccc(-c2nc(-c3ccccc3)no2)cc1. The van der Waals surface area contributed by atoms with E-state index >= 15 is 0 Å². The summed E-state index contributed by atoms with van der Waals surface area (Å²) in [7, 11) is 0. The minimum absolute atomic E-state index is 0.0597. The summed E-state index contributed by atoms with van der Waals surface area (Å²) in [6.07, 6.45) is 0. The monoisotopic (exact) mass is 371 g/mol. The topological polar surface area (TPSA) is 77.2 Å². The first-order valence-electron chi connectivity index (χ1n) is 8.75. The lowest BCUT2D eigenvalue weighted by molar-refractivity contribution is -0.118. The molecule has 0 unspecified atom stereocenters. The maximum absolute atomic E-state index is 12.0. The van der Waals surface area contributed by atoms with Gasteiger partial charge in [0.05, 0.1) is 0 Å². The second-order valence-corrected chi connectivity index (χ2v) is 6.02. The number of anilines is 1. The van der Waals surface area contributed by atoms with Crippen LogP contribution in [0, 0.1) is 0 Å². The second kappa shape index (κ2) is 8.18. The molecule has 6 nitrogen and oxygen atoms in total. The third kappa shape index (κ3) is 4.24. The van der Waals surface area contributed by atoms with Crippen molar-refractivity contribution in [3.63, 3.8) is 0 Å². The number of ether oxygens (including phenoxy) is 1. The van der Waals surface area contributed by atoms with Crippen LogP contribution in [-0.4, -0.2) is 22.7 Å². The first kappa shape index (κ1) is 17.5. The summed E-state index contributed by atoms with van der Waals surface area (Å²) in [5.74, 6) is 1.37. The van der Waals surface area contributed by atoms with E-state index in [0.29, 0.717) is 23.2 Å². The van der Waals surface area contributed by atoms with E-state index in [2.05, 4.69) is 15.5 Å². The Balaban J connectivity index is 1.37. The fourth-order valence-electron chi connectivity index (χ4n) is 2.60. The molecule has 6 heteroatoms. The van der Waals surface area contributed by atoms with E-state index in [1.165, 1.54) is 0 Å².